The first-order valence-electron chi connectivity index (χ1n) is 8.52. The average Bonchev–Trinajstić information content (AvgIpc) is 3.28. The number of carbonyl (C=O) groups excluding carboxylic acids is 2. The second-order valence-electron chi connectivity index (χ2n) is 5.86. The number of amides is 1. The normalized spacial score (nSPS) is 10.6. The Balaban J connectivity index is 1.68. The summed E-state index contributed by atoms with van der Waals surface area (Å²) in [4.78, 5) is 24.5. The maximum atomic E-state index is 12.4. The molecule has 0 bridgehead atoms. The monoisotopic (exact) mass is 441 g/mol. The minimum Gasteiger partial charge on any atom is -0.452 e. The van der Waals surface area contributed by atoms with Crippen LogP contribution in [0.3, 0.4) is 0 Å². The molecule has 0 radical (unpaired) electrons. The van der Waals surface area contributed by atoms with E-state index >= 15 is 0 Å². The number of para-hydroxylation sites is 2. The van der Waals surface area contributed by atoms with Gasteiger partial charge in [-0.25, -0.2) is 13.2 Å². The summed E-state index contributed by atoms with van der Waals surface area (Å²) in [5, 5.41) is 13.2. The van der Waals surface area contributed by atoms with Gasteiger partial charge in [-0.3, -0.25) is 9.52 Å². The van der Waals surface area contributed by atoms with Crippen LogP contribution in [0.2, 0.25) is 0 Å². The van der Waals surface area contributed by atoms with Gasteiger partial charge in [-0.15, -0.1) is 11.3 Å². The molecule has 0 atom stereocenters. The summed E-state index contributed by atoms with van der Waals surface area (Å²) >= 11 is 1.04. The van der Waals surface area contributed by atoms with Crippen molar-refractivity contribution >= 4 is 44.6 Å². The molecule has 152 valence electrons. The number of ether oxygens (including phenoxy) is 1. The second kappa shape index (κ2) is 9.21. The molecule has 0 unspecified atom stereocenters. The SMILES string of the molecule is N#Cc1ccccc1NC(=O)COC(=O)c1ccccc1NS(=O)(=O)c1cccs1. The summed E-state index contributed by atoms with van der Waals surface area (Å²) in [6.45, 7) is -0.607. The predicted molar refractivity (Wildman–Crippen MR) is 112 cm³/mol. The van der Waals surface area contributed by atoms with E-state index in [4.69, 9.17) is 10.00 Å². The number of nitrogens with one attached hydrogen (secondary N) is 2. The Labute approximate surface area is 176 Å². The zero-order valence-electron chi connectivity index (χ0n) is 15.4. The fourth-order valence-electron chi connectivity index (χ4n) is 2.45. The van der Waals surface area contributed by atoms with Crippen LogP contribution in [0.4, 0.5) is 11.4 Å². The number of nitrogens with zero attached hydrogens (tertiary/aromatic N) is 1. The van der Waals surface area contributed by atoms with Gasteiger partial charge in [0.2, 0.25) is 0 Å². The molecule has 0 fully saturated rings. The molecule has 0 aliphatic carbocycles. The highest BCUT2D eigenvalue weighted by Gasteiger charge is 2.20. The number of thiophene rings is 1. The number of carbonyl (C=O) groups is 2. The Morgan fingerprint density at radius 2 is 1.70 bits per heavy atom. The lowest BCUT2D eigenvalue weighted by atomic mass is 10.2. The van der Waals surface area contributed by atoms with E-state index in [1.54, 1.807) is 41.8 Å². The Bertz CT molecular complexity index is 1220. The molecular formula is C20H15N3O5S2. The molecule has 0 aliphatic heterocycles. The van der Waals surface area contributed by atoms with E-state index in [1.807, 2.05) is 6.07 Å². The van der Waals surface area contributed by atoms with Crippen molar-refractivity contribution in [3.05, 3.63) is 77.2 Å². The molecule has 0 saturated carbocycles. The summed E-state index contributed by atoms with van der Waals surface area (Å²) in [5.74, 6) is -1.51. The number of rotatable bonds is 7. The number of benzene rings is 2. The maximum Gasteiger partial charge on any atom is 0.340 e. The molecule has 1 heterocycles. The average molecular weight is 441 g/mol. The number of hydrogen-bond acceptors (Lipinski definition) is 7. The van der Waals surface area contributed by atoms with Crippen molar-refractivity contribution < 1.29 is 22.7 Å². The van der Waals surface area contributed by atoms with E-state index in [1.165, 1.54) is 24.3 Å². The van der Waals surface area contributed by atoms with Gasteiger partial charge in [0.25, 0.3) is 15.9 Å². The van der Waals surface area contributed by atoms with Crippen molar-refractivity contribution in [3.8, 4) is 6.07 Å². The van der Waals surface area contributed by atoms with Crippen LogP contribution in [-0.4, -0.2) is 26.9 Å². The molecule has 1 aromatic heterocycles. The highest BCUT2D eigenvalue weighted by molar-refractivity contribution is 7.94. The Morgan fingerprint density at radius 1 is 1.00 bits per heavy atom. The Kier molecular flexibility index (Phi) is 6.46. The van der Waals surface area contributed by atoms with Crippen molar-refractivity contribution in [1.29, 1.82) is 5.26 Å². The van der Waals surface area contributed by atoms with Crippen molar-refractivity contribution in [1.82, 2.24) is 0 Å². The van der Waals surface area contributed by atoms with Gasteiger partial charge in [-0.1, -0.05) is 30.3 Å². The summed E-state index contributed by atoms with van der Waals surface area (Å²) in [5.41, 5.74) is 0.560. The summed E-state index contributed by atoms with van der Waals surface area (Å²) in [6.07, 6.45) is 0. The fourth-order valence-corrected chi connectivity index (χ4v) is 4.52. The van der Waals surface area contributed by atoms with E-state index in [-0.39, 0.29) is 21.0 Å². The zero-order valence-corrected chi connectivity index (χ0v) is 17.0. The molecule has 0 spiro atoms. The van der Waals surface area contributed by atoms with E-state index < -0.39 is 28.5 Å². The quantitative estimate of drug-likeness (QED) is 0.542. The van der Waals surface area contributed by atoms with Gasteiger partial charge in [0.15, 0.2) is 6.61 Å². The smallest absolute Gasteiger partial charge is 0.340 e. The van der Waals surface area contributed by atoms with Crippen LogP contribution in [0.15, 0.2) is 70.3 Å². The number of nitriles is 1. The number of sulfonamides is 1. The summed E-state index contributed by atoms with van der Waals surface area (Å²) < 4.78 is 32.3. The zero-order chi connectivity index (χ0) is 21.6. The summed E-state index contributed by atoms with van der Waals surface area (Å²) in [7, 11) is -3.85. The van der Waals surface area contributed by atoms with Gasteiger partial charge in [-0.2, -0.15) is 5.26 Å². The highest BCUT2D eigenvalue weighted by Crippen LogP contribution is 2.23. The van der Waals surface area contributed by atoms with Crippen molar-refractivity contribution in [3.63, 3.8) is 0 Å². The van der Waals surface area contributed by atoms with Crippen LogP contribution in [0.1, 0.15) is 15.9 Å². The van der Waals surface area contributed by atoms with Crippen molar-refractivity contribution in [2.75, 3.05) is 16.6 Å². The third kappa shape index (κ3) is 5.02. The fraction of sp³-hybridized carbons (Fsp3) is 0.0500. The predicted octanol–water partition coefficient (Wildman–Crippen LogP) is 3.22. The van der Waals surface area contributed by atoms with Crippen LogP contribution in [0.25, 0.3) is 0 Å². The van der Waals surface area contributed by atoms with E-state index in [0.29, 0.717) is 5.69 Å². The standard InChI is InChI=1S/C20H15N3O5S2/c21-12-14-6-1-3-8-16(14)22-18(24)13-28-20(25)15-7-2-4-9-17(15)23-30(26,27)19-10-5-11-29-19/h1-11,23H,13H2,(H,22,24). The molecule has 8 nitrogen and oxygen atoms in total. The lowest BCUT2D eigenvalue weighted by Crippen LogP contribution is -2.22. The van der Waals surface area contributed by atoms with Gasteiger partial charge in [0.1, 0.15) is 10.3 Å². The van der Waals surface area contributed by atoms with Gasteiger partial charge in [0, 0.05) is 0 Å². The van der Waals surface area contributed by atoms with Crippen LogP contribution in [-0.2, 0) is 19.6 Å². The van der Waals surface area contributed by atoms with Gasteiger partial charge < -0.3 is 10.1 Å². The lowest BCUT2D eigenvalue weighted by molar-refractivity contribution is -0.119. The first-order valence-corrected chi connectivity index (χ1v) is 10.9. The number of hydrogen-bond donors (Lipinski definition) is 2. The first kappa shape index (κ1) is 21.0. The van der Waals surface area contributed by atoms with Gasteiger partial charge >= 0.3 is 5.97 Å². The van der Waals surface area contributed by atoms with Crippen LogP contribution in [0, 0.1) is 11.3 Å². The molecule has 1 amide bonds. The molecule has 2 aromatic carbocycles. The van der Waals surface area contributed by atoms with E-state index in [2.05, 4.69) is 10.0 Å². The highest BCUT2D eigenvalue weighted by atomic mass is 32.2. The lowest BCUT2D eigenvalue weighted by Gasteiger charge is -2.12. The van der Waals surface area contributed by atoms with Crippen LogP contribution in [0.5, 0.6) is 0 Å². The Morgan fingerprint density at radius 3 is 2.40 bits per heavy atom. The van der Waals surface area contributed by atoms with Gasteiger partial charge in [0.05, 0.1) is 22.5 Å². The summed E-state index contributed by atoms with van der Waals surface area (Å²) in [6, 6.07) is 17.3. The molecular weight excluding hydrogens is 426 g/mol. The Hall–Kier alpha value is -3.68. The van der Waals surface area contributed by atoms with Crippen molar-refractivity contribution in [2.24, 2.45) is 0 Å². The molecule has 3 aromatic rings. The maximum absolute atomic E-state index is 12.4. The minimum absolute atomic E-state index is 0.0335. The van der Waals surface area contributed by atoms with E-state index in [0.717, 1.165) is 11.3 Å². The van der Waals surface area contributed by atoms with Crippen molar-refractivity contribution in [2.45, 2.75) is 4.21 Å². The minimum atomic E-state index is -3.85. The molecule has 3 rings (SSSR count). The molecule has 0 saturated heterocycles. The van der Waals surface area contributed by atoms with E-state index in [9.17, 15) is 18.0 Å². The molecule has 0 aliphatic rings. The largest absolute Gasteiger partial charge is 0.452 e. The van der Waals surface area contributed by atoms with Crippen LogP contribution < -0.4 is 10.0 Å². The molecule has 2 N–H and O–H groups in total. The van der Waals surface area contributed by atoms with Gasteiger partial charge in [-0.05, 0) is 35.7 Å². The molecule has 10 heteroatoms. The topological polar surface area (TPSA) is 125 Å². The molecule has 30 heavy (non-hydrogen) atoms. The van der Waals surface area contributed by atoms with Crippen LogP contribution >= 0.6 is 11.3 Å². The second-order valence-corrected chi connectivity index (χ2v) is 8.72. The third-order valence-electron chi connectivity index (χ3n) is 3.81. The first-order chi connectivity index (χ1) is 14.4. The number of anilines is 2. The number of esters is 1. The third-order valence-corrected chi connectivity index (χ3v) is 6.57.